The van der Waals surface area contributed by atoms with Gasteiger partial charge in [-0.2, -0.15) is 13.2 Å². The molecule has 1 saturated heterocycles. The molecule has 39 heavy (non-hydrogen) atoms. The van der Waals surface area contributed by atoms with Crippen molar-refractivity contribution in [1.29, 1.82) is 0 Å². The van der Waals surface area contributed by atoms with Crippen LogP contribution in [0.3, 0.4) is 0 Å². The van der Waals surface area contributed by atoms with Crippen molar-refractivity contribution in [2.24, 2.45) is 0 Å². The van der Waals surface area contributed by atoms with Gasteiger partial charge >= 0.3 is 6.18 Å². The van der Waals surface area contributed by atoms with Crippen LogP contribution in [-0.2, 0) is 43.1 Å². The Kier molecular flexibility index (Phi) is 8.37. The molecule has 4 rings (SSSR count). The Morgan fingerprint density at radius 3 is 2.49 bits per heavy atom. The molecule has 2 aromatic carbocycles. The largest absolute Gasteiger partial charge is 0.416 e. The second-order valence-electron chi connectivity index (χ2n) is 10.7. The molecule has 1 N–H and O–H groups in total. The third-order valence-electron chi connectivity index (χ3n) is 6.72. The molecule has 4 atom stereocenters. The lowest BCUT2D eigenvalue weighted by atomic mass is 9.78. The third kappa shape index (κ3) is 6.95. The van der Waals surface area contributed by atoms with Crippen molar-refractivity contribution < 1.29 is 45.7 Å². The Balaban J connectivity index is 1.63. The summed E-state index contributed by atoms with van der Waals surface area (Å²) in [6.45, 7) is 6.44. The molecule has 1 heterocycles. The molecule has 11 heteroatoms. The predicted molar refractivity (Wildman–Crippen MR) is 130 cm³/mol. The van der Waals surface area contributed by atoms with Crippen molar-refractivity contribution in [3.05, 3.63) is 70.8 Å². The molecule has 2 fully saturated rings. The first kappa shape index (κ1) is 29.4. The molecule has 2 aliphatic rings. The SMILES string of the molecule is CC(C)NC(=O)[C@@]1(OCc2cccc(C(F)(F)F)c2)C[C@@H](OCc2ccc(F)cc2F)[C@@H]2OC(C)(C)O[C@@H]2C1. The van der Waals surface area contributed by atoms with Crippen molar-refractivity contribution in [3.8, 4) is 0 Å². The van der Waals surface area contributed by atoms with Gasteiger partial charge in [0.05, 0.1) is 31.0 Å². The van der Waals surface area contributed by atoms with Crippen LogP contribution < -0.4 is 5.32 Å². The highest BCUT2D eigenvalue weighted by molar-refractivity contribution is 5.85. The predicted octanol–water partition coefficient (Wildman–Crippen LogP) is 5.66. The van der Waals surface area contributed by atoms with Crippen LogP contribution in [0.2, 0.25) is 0 Å². The lowest BCUT2D eigenvalue weighted by Crippen LogP contribution is -2.60. The number of amides is 1. The number of halogens is 5. The summed E-state index contributed by atoms with van der Waals surface area (Å²) in [5, 5.41) is 2.84. The van der Waals surface area contributed by atoms with E-state index >= 15 is 0 Å². The Morgan fingerprint density at radius 2 is 1.82 bits per heavy atom. The molecule has 0 spiro atoms. The monoisotopic (exact) mass is 557 g/mol. The van der Waals surface area contributed by atoms with E-state index in [9.17, 15) is 26.7 Å². The minimum absolute atomic E-state index is 0.0338. The molecule has 1 saturated carbocycles. The van der Waals surface area contributed by atoms with Gasteiger partial charge in [-0.15, -0.1) is 0 Å². The van der Waals surface area contributed by atoms with Crippen LogP contribution in [0.25, 0.3) is 0 Å². The van der Waals surface area contributed by atoms with E-state index in [0.717, 1.165) is 24.3 Å². The Bertz CT molecular complexity index is 1190. The molecular formula is C28H32F5NO5. The van der Waals surface area contributed by atoms with E-state index in [4.69, 9.17) is 18.9 Å². The van der Waals surface area contributed by atoms with Crippen LogP contribution in [-0.4, -0.2) is 41.6 Å². The number of hydrogen-bond acceptors (Lipinski definition) is 5. The molecule has 0 bridgehead atoms. The lowest BCUT2D eigenvalue weighted by Gasteiger charge is -2.43. The summed E-state index contributed by atoms with van der Waals surface area (Å²) in [4.78, 5) is 13.6. The number of rotatable bonds is 8. The van der Waals surface area contributed by atoms with Crippen molar-refractivity contribution >= 4 is 5.91 Å². The van der Waals surface area contributed by atoms with Crippen molar-refractivity contribution in [1.82, 2.24) is 5.32 Å². The number of benzene rings is 2. The normalized spacial score (nSPS) is 26.5. The van der Waals surface area contributed by atoms with E-state index in [-0.39, 0.29) is 43.2 Å². The zero-order valence-electron chi connectivity index (χ0n) is 22.1. The molecule has 0 unspecified atom stereocenters. The van der Waals surface area contributed by atoms with E-state index < -0.39 is 59.0 Å². The lowest BCUT2D eigenvalue weighted by molar-refractivity contribution is -0.184. The smallest absolute Gasteiger partial charge is 0.370 e. The van der Waals surface area contributed by atoms with Gasteiger partial charge in [0.1, 0.15) is 17.7 Å². The van der Waals surface area contributed by atoms with Crippen molar-refractivity contribution in [3.63, 3.8) is 0 Å². The second kappa shape index (κ2) is 11.1. The van der Waals surface area contributed by atoms with Gasteiger partial charge in [-0.05, 0) is 51.5 Å². The highest BCUT2D eigenvalue weighted by Crippen LogP contribution is 2.44. The standard InChI is InChI=1S/C28H32F5NO5/c1-16(2)34-25(35)27(37-14-17-6-5-7-19(10-17)28(31,32)33)12-22(24-23(13-27)38-26(3,4)39-24)36-15-18-8-9-20(29)11-21(18)30/h5-11,16,22-24H,12-15H2,1-4H3,(H,34,35)/t22-,23-,24+,27-/m1/s1. The fourth-order valence-electron chi connectivity index (χ4n) is 5.00. The van der Waals surface area contributed by atoms with Gasteiger partial charge < -0.3 is 24.3 Å². The minimum Gasteiger partial charge on any atom is -0.370 e. The number of alkyl halides is 3. The van der Waals surface area contributed by atoms with E-state index in [1.54, 1.807) is 27.7 Å². The summed E-state index contributed by atoms with van der Waals surface area (Å²) in [5.41, 5.74) is -2.03. The number of hydrogen-bond donors (Lipinski definition) is 1. The zero-order valence-corrected chi connectivity index (χ0v) is 22.1. The molecule has 1 amide bonds. The topological polar surface area (TPSA) is 66.0 Å². The third-order valence-corrected chi connectivity index (χ3v) is 6.72. The maximum Gasteiger partial charge on any atom is 0.416 e. The van der Waals surface area contributed by atoms with Crippen molar-refractivity contribution in [2.75, 3.05) is 0 Å². The maximum atomic E-state index is 14.3. The van der Waals surface area contributed by atoms with Gasteiger partial charge in [0.2, 0.25) is 0 Å². The van der Waals surface area contributed by atoms with E-state index in [1.807, 2.05) is 0 Å². The van der Waals surface area contributed by atoms with Gasteiger partial charge in [0.25, 0.3) is 5.91 Å². The first-order chi connectivity index (χ1) is 18.2. The minimum atomic E-state index is -4.53. The van der Waals surface area contributed by atoms with Crippen LogP contribution in [0.5, 0.6) is 0 Å². The molecule has 1 aliphatic heterocycles. The summed E-state index contributed by atoms with van der Waals surface area (Å²) in [6, 6.07) is 7.57. The molecule has 0 aromatic heterocycles. The summed E-state index contributed by atoms with van der Waals surface area (Å²) in [7, 11) is 0. The number of fused-ring (bicyclic) bond motifs is 1. The van der Waals surface area contributed by atoms with Crippen LogP contribution in [0.4, 0.5) is 22.0 Å². The molecule has 2 aromatic rings. The molecular weight excluding hydrogens is 525 g/mol. The molecule has 214 valence electrons. The summed E-state index contributed by atoms with van der Waals surface area (Å²) < 4.78 is 91.8. The van der Waals surface area contributed by atoms with Crippen LogP contribution >= 0.6 is 0 Å². The van der Waals surface area contributed by atoms with Gasteiger partial charge in [-0.1, -0.05) is 18.2 Å². The first-order valence-corrected chi connectivity index (χ1v) is 12.7. The second-order valence-corrected chi connectivity index (χ2v) is 10.7. The van der Waals surface area contributed by atoms with Crippen LogP contribution in [0.1, 0.15) is 57.2 Å². The Labute approximate surface area is 223 Å². The fraction of sp³-hybridized carbons (Fsp3) is 0.536. The van der Waals surface area contributed by atoms with Gasteiger partial charge in [0.15, 0.2) is 11.4 Å². The number of carbonyl (C=O) groups excluding carboxylic acids is 1. The average Bonchev–Trinajstić information content (AvgIpc) is 3.15. The highest BCUT2D eigenvalue weighted by atomic mass is 19.4. The van der Waals surface area contributed by atoms with Crippen molar-refractivity contribution in [2.45, 2.75) is 95.7 Å². The Hall–Kier alpha value is -2.60. The van der Waals surface area contributed by atoms with Gasteiger partial charge in [0, 0.05) is 30.5 Å². The van der Waals surface area contributed by atoms with E-state index in [1.165, 1.54) is 18.2 Å². The van der Waals surface area contributed by atoms with Crippen LogP contribution in [0, 0.1) is 11.6 Å². The molecule has 0 radical (unpaired) electrons. The molecule has 1 aliphatic carbocycles. The summed E-state index contributed by atoms with van der Waals surface area (Å²) >= 11 is 0. The van der Waals surface area contributed by atoms with Gasteiger partial charge in [-0.25, -0.2) is 8.78 Å². The maximum absolute atomic E-state index is 14.3. The zero-order chi connectivity index (χ0) is 28.6. The molecule has 6 nitrogen and oxygen atoms in total. The highest BCUT2D eigenvalue weighted by Gasteiger charge is 2.58. The van der Waals surface area contributed by atoms with E-state index in [0.29, 0.717) is 0 Å². The summed E-state index contributed by atoms with van der Waals surface area (Å²) in [5.74, 6) is -2.99. The van der Waals surface area contributed by atoms with Crippen LogP contribution in [0.15, 0.2) is 42.5 Å². The number of carbonyl (C=O) groups is 1. The first-order valence-electron chi connectivity index (χ1n) is 12.7. The Morgan fingerprint density at radius 1 is 1.08 bits per heavy atom. The van der Waals surface area contributed by atoms with E-state index in [2.05, 4.69) is 5.32 Å². The number of nitrogens with one attached hydrogen (secondary N) is 1. The van der Waals surface area contributed by atoms with Gasteiger partial charge in [-0.3, -0.25) is 4.79 Å². The number of ether oxygens (including phenoxy) is 4. The summed E-state index contributed by atoms with van der Waals surface area (Å²) in [6.07, 6.45) is -6.60. The average molecular weight is 558 g/mol. The quantitative estimate of drug-likeness (QED) is 0.425. The fourth-order valence-corrected chi connectivity index (χ4v) is 5.00.